The zero-order valence-corrected chi connectivity index (χ0v) is 11.9. The number of hydrogen-bond donors (Lipinski definition) is 1. The number of furan rings is 1. The van der Waals surface area contributed by atoms with Gasteiger partial charge in [-0.1, -0.05) is 0 Å². The molecule has 1 aliphatic carbocycles. The van der Waals surface area contributed by atoms with Gasteiger partial charge in [0.15, 0.2) is 0 Å². The zero-order chi connectivity index (χ0) is 13.1. The summed E-state index contributed by atoms with van der Waals surface area (Å²) in [6.45, 7) is 2.27. The summed E-state index contributed by atoms with van der Waals surface area (Å²) in [6.07, 6.45) is 4.37. The molecule has 1 aromatic heterocycles. The molecule has 1 saturated carbocycles. The maximum absolute atomic E-state index is 12.2. The average Bonchev–Trinajstić information content (AvgIpc) is 3.17. The molecule has 0 spiro atoms. The Morgan fingerprint density at radius 3 is 2.63 bits per heavy atom. The van der Waals surface area contributed by atoms with Crippen molar-refractivity contribution in [1.29, 1.82) is 0 Å². The summed E-state index contributed by atoms with van der Waals surface area (Å²) < 4.78 is 23.3. The van der Waals surface area contributed by atoms with Crippen molar-refractivity contribution in [3.8, 4) is 0 Å². The fraction of sp³-hybridized carbons (Fsp3) is 0.714. The highest BCUT2D eigenvalue weighted by Crippen LogP contribution is 2.21. The summed E-state index contributed by atoms with van der Waals surface area (Å²) in [5.41, 5.74) is 0. The molecule has 0 amide bonds. The second-order valence-corrected chi connectivity index (χ2v) is 7.08. The topological polar surface area (TPSA) is 51.5 Å². The molecule has 0 radical (unpaired) electrons. The monoisotopic (exact) mass is 283 g/mol. The highest BCUT2D eigenvalue weighted by atomic mass is 32.2. The van der Waals surface area contributed by atoms with Gasteiger partial charge < -0.3 is 14.5 Å². The molecule has 1 aromatic rings. The molecule has 1 unspecified atom stereocenters. The summed E-state index contributed by atoms with van der Waals surface area (Å²) >= 11 is 0. The van der Waals surface area contributed by atoms with Crippen LogP contribution >= 0.6 is 0 Å². The molecule has 106 valence electrons. The van der Waals surface area contributed by atoms with Gasteiger partial charge in [0.25, 0.3) is 0 Å². The number of rotatable bonds is 6. The van der Waals surface area contributed by atoms with Crippen molar-refractivity contribution in [2.75, 3.05) is 13.2 Å². The van der Waals surface area contributed by atoms with Crippen LogP contribution in [0.25, 0.3) is 0 Å². The lowest BCUT2D eigenvalue weighted by molar-refractivity contribution is 0.0991. The summed E-state index contributed by atoms with van der Waals surface area (Å²) in [5, 5.41) is 3.69. The van der Waals surface area contributed by atoms with Crippen LogP contribution in [-0.2, 0) is 27.8 Å². The molecule has 1 saturated heterocycles. The van der Waals surface area contributed by atoms with Crippen LogP contribution in [0, 0.1) is 0 Å². The Hall–Kier alpha value is -0.650. The van der Waals surface area contributed by atoms with Crippen LogP contribution in [0.2, 0.25) is 0 Å². The fourth-order valence-corrected chi connectivity index (χ4v) is 3.71. The van der Waals surface area contributed by atoms with E-state index in [0.717, 1.165) is 44.1 Å². The third-order valence-corrected chi connectivity index (χ3v) is 5.47. The third kappa shape index (κ3) is 3.91. The standard InChI is InChI=1S/C14H21NO3S/c16-19(14-5-7-17-8-6-14)10-13-4-3-12(18-13)9-15-11-1-2-11/h3-4,11,14-15H,1-2,5-10H2. The van der Waals surface area contributed by atoms with E-state index in [-0.39, 0.29) is 5.25 Å². The normalized spacial score (nSPS) is 22.5. The predicted molar refractivity (Wildman–Crippen MR) is 74.3 cm³/mol. The molecule has 19 heavy (non-hydrogen) atoms. The van der Waals surface area contributed by atoms with Gasteiger partial charge in [-0.2, -0.15) is 0 Å². The number of hydrogen-bond acceptors (Lipinski definition) is 4. The lowest BCUT2D eigenvalue weighted by atomic mass is 10.2. The second-order valence-electron chi connectivity index (χ2n) is 5.36. The molecule has 2 fully saturated rings. The highest BCUT2D eigenvalue weighted by Gasteiger charge is 2.22. The van der Waals surface area contributed by atoms with E-state index >= 15 is 0 Å². The smallest absolute Gasteiger partial charge is 0.118 e. The summed E-state index contributed by atoms with van der Waals surface area (Å²) in [7, 11) is -0.839. The number of nitrogens with one attached hydrogen (secondary N) is 1. The van der Waals surface area contributed by atoms with Gasteiger partial charge in [0.05, 0.1) is 12.3 Å². The van der Waals surface area contributed by atoms with Gasteiger partial charge in [0.1, 0.15) is 11.5 Å². The van der Waals surface area contributed by atoms with Gasteiger partial charge in [-0.05, 0) is 37.8 Å². The SMILES string of the molecule is O=S(Cc1ccc(CNC2CC2)o1)C1CCOCC1. The minimum absolute atomic E-state index is 0.270. The molecule has 4 nitrogen and oxygen atoms in total. The van der Waals surface area contributed by atoms with Crippen molar-refractivity contribution in [1.82, 2.24) is 5.32 Å². The van der Waals surface area contributed by atoms with Gasteiger partial charge in [-0.25, -0.2) is 0 Å². The zero-order valence-electron chi connectivity index (χ0n) is 11.1. The van der Waals surface area contributed by atoms with Crippen LogP contribution in [0.4, 0.5) is 0 Å². The van der Waals surface area contributed by atoms with Crippen molar-refractivity contribution in [3.63, 3.8) is 0 Å². The Morgan fingerprint density at radius 2 is 1.89 bits per heavy atom. The Balaban J connectivity index is 1.49. The Bertz CT molecular complexity index is 436. The summed E-state index contributed by atoms with van der Waals surface area (Å²) in [4.78, 5) is 0. The van der Waals surface area contributed by atoms with Crippen molar-refractivity contribution in [3.05, 3.63) is 23.7 Å². The van der Waals surface area contributed by atoms with Crippen molar-refractivity contribution >= 4 is 10.8 Å². The van der Waals surface area contributed by atoms with Crippen LogP contribution in [0.5, 0.6) is 0 Å². The second kappa shape index (κ2) is 6.20. The lowest BCUT2D eigenvalue weighted by Gasteiger charge is -2.20. The minimum atomic E-state index is -0.839. The molecular formula is C14H21NO3S. The van der Waals surface area contributed by atoms with E-state index in [9.17, 15) is 4.21 Å². The van der Waals surface area contributed by atoms with Crippen LogP contribution in [0.15, 0.2) is 16.5 Å². The van der Waals surface area contributed by atoms with E-state index in [1.807, 2.05) is 12.1 Å². The molecule has 5 heteroatoms. The molecule has 3 rings (SSSR count). The maximum atomic E-state index is 12.2. The third-order valence-electron chi connectivity index (χ3n) is 3.68. The Kier molecular flexibility index (Phi) is 4.35. The van der Waals surface area contributed by atoms with E-state index in [2.05, 4.69) is 5.32 Å². The molecule has 1 N–H and O–H groups in total. The number of ether oxygens (including phenoxy) is 1. The van der Waals surface area contributed by atoms with Gasteiger partial charge in [-0.3, -0.25) is 4.21 Å². The molecule has 1 atom stereocenters. The van der Waals surface area contributed by atoms with E-state index in [1.54, 1.807) is 0 Å². The predicted octanol–water partition coefficient (Wildman–Crippen LogP) is 1.96. The van der Waals surface area contributed by atoms with Crippen LogP contribution in [-0.4, -0.2) is 28.7 Å². The van der Waals surface area contributed by atoms with E-state index in [1.165, 1.54) is 12.8 Å². The molecule has 1 aliphatic heterocycles. The summed E-state index contributed by atoms with van der Waals surface area (Å²) in [6, 6.07) is 4.64. The van der Waals surface area contributed by atoms with Gasteiger partial charge >= 0.3 is 0 Å². The Morgan fingerprint density at radius 1 is 1.16 bits per heavy atom. The Labute approximate surface area is 116 Å². The van der Waals surface area contributed by atoms with Crippen molar-refractivity contribution < 1.29 is 13.4 Å². The summed E-state index contributed by atoms with van der Waals surface area (Å²) in [5.74, 6) is 2.33. The minimum Gasteiger partial charge on any atom is -0.464 e. The van der Waals surface area contributed by atoms with Crippen molar-refractivity contribution in [2.45, 2.75) is 49.3 Å². The largest absolute Gasteiger partial charge is 0.464 e. The first kappa shape index (κ1) is 13.3. The van der Waals surface area contributed by atoms with Crippen molar-refractivity contribution in [2.24, 2.45) is 0 Å². The van der Waals surface area contributed by atoms with Gasteiger partial charge in [0, 0.05) is 35.3 Å². The first-order valence-corrected chi connectivity index (χ1v) is 8.45. The van der Waals surface area contributed by atoms with Gasteiger partial charge in [0.2, 0.25) is 0 Å². The van der Waals surface area contributed by atoms with Crippen LogP contribution in [0.3, 0.4) is 0 Å². The molecule has 2 aliphatic rings. The fourth-order valence-electron chi connectivity index (χ4n) is 2.32. The first-order chi connectivity index (χ1) is 9.31. The molecule has 2 heterocycles. The van der Waals surface area contributed by atoms with E-state index in [0.29, 0.717) is 11.8 Å². The quantitative estimate of drug-likeness (QED) is 0.867. The van der Waals surface area contributed by atoms with Crippen LogP contribution in [0.1, 0.15) is 37.2 Å². The van der Waals surface area contributed by atoms with Crippen LogP contribution < -0.4 is 5.32 Å². The maximum Gasteiger partial charge on any atom is 0.118 e. The molecule has 0 bridgehead atoms. The first-order valence-electron chi connectivity index (χ1n) is 7.07. The van der Waals surface area contributed by atoms with Gasteiger partial charge in [-0.15, -0.1) is 0 Å². The molecular weight excluding hydrogens is 262 g/mol. The average molecular weight is 283 g/mol. The molecule has 0 aromatic carbocycles. The van der Waals surface area contributed by atoms with E-state index in [4.69, 9.17) is 9.15 Å². The van der Waals surface area contributed by atoms with E-state index < -0.39 is 10.8 Å². The highest BCUT2D eigenvalue weighted by molar-refractivity contribution is 7.84. The lowest BCUT2D eigenvalue weighted by Crippen LogP contribution is -2.25.